The average molecular weight is 518 g/mol. The Hall–Kier alpha value is -3.24. The first-order valence-electron chi connectivity index (χ1n) is 12.0. The van der Waals surface area contributed by atoms with Gasteiger partial charge in [-0.15, -0.1) is 0 Å². The van der Waals surface area contributed by atoms with Crippen LogP contribution in [0.2, 0.25) is 0 Å². The van der Waals surface area contributed by atoms with E-state index in [0.717, 1.165) is 5.56 Å². The van der Waals surface area contributed by atoms with Crippen LogP contribution < -0.4 is 15.4 Å². The third-order valence-corrected chi connectivity index (χ3v) is 6.87. The van der Waals surface area contributed by atoms with Gasteiger partial charge in [0.1, 0.15) is 12.1 Å². The van der Waals surface area contributed by atoms with Crippen molar-refractivity contribution in [1.29, 1.82) is 0 Å². The number of benzene rings is 2. The summed E-state index contributed by atoms with van der Waals surface area (Å²) in [6.45, 7) is 4.02. The van der Waals surface area contributed by atoms with E-state index in [1.54, 1.807) is 48.5 Å². The van der Waals surface area contributed by atoms with Gasteiger partial charge in [-0.1, -0.05) is 62.4 Å². The van der Waals surface area contributed by atoms with Gasteiger partial charge in [0.2, 0.25) is 15.9 Å². The van der Waals surface area contributed by atoms with Crippen molar-refractivity contribution in [2.45, 2.75) is 51.6 Å². The third kappa shape index (κ3) is 10.6. The second kappa shape index (κ2) is 14.4. The summed E-state index contributed by atoms with van der Waals surface area (Å²) >= 11 is 0. The molecule has 2 atom stereocenters. The Morgan fingerprint density at radius 2 is 1.50 bits per heavy atom. The van der Waals surface area contributed by atoms with E-state index in [1.165, 1.54) is 0 Å². The number of carbonyl (C=O) groups excluding carboxylic acids is 2. The van der Waals surface area contributed by atoms with Crippen LogP contribution in [0.1, 0.15) is 49.0 Å². The monoisotopic (exact) mass is 517 g/mol. The van der Waals surface area contributed by atoms with E-state index in [4.69, 9.17) is 0 Å². The van der Waals surface area contributed by atoms with Crippen LogP contribution in [-0.4, -0.2) is 55.7 Å². The van der Waals surface area contributed by atoms with Gasteiger partial charge in [-0.25, -0.2) is 17.9 Å². The summed E-state index contributed by atoms with van der Waals surface area (Å²) in [5, 5.41) is 14.8. The highest BCUT2D eigenvalue weighted by Crippen LogP contribution is 2.10. The minimum atomic E-state index is -3.81. The molecule has 0 radical (unpaired) electrons. The summed E-state index contributed by atoms with van der Waals surface area (Å²) in [7, 11) is -3.81. The molecular formula is C26H35N3O6S. The number of amides is 2. The molecule has 0 unspecified atom stereocenters. The maximum atomic E-state index is 12.9. The zero-order valence-corrected chi connectivity index (χ0v) is 21.5. The van der Waals surface area contributed by atoms with Gasteiger partial charge < -0.3 is 15.7 Å². The molecule has 0 saturated carbocycles. The van der Waals surface area contributed by atoms with E-state index in [0.29, 0.717) is 18.5 Å². The lowest BCUT2D eigenvalue weighted by Gasteiger charge is -2.23. The molecule has 0 spiro atoms. The molecule has 2 aromatic rings. The van der Waals surface area contributed by atoms with Crippen LogP contribution in [0.5, 0.6) is 0 Å². The summed E-state index contributed by atoms with van der Waals surface area (Å²) in [5.74, 6) is -2.33. The van der Waals surface area contributed by atoms with Crippen LogP contribution in [0.4, 0.5) is 0 Å². The molecule has 0 fully saturated rings. The summed E-state index contributed by atoms with van der Waals surface area (Å²) in [6.07, 6.45) is 1.03. The first-order chi connectivity index (χ1) is 17.1. The van der Waals surface area contributed by atoms with E-state index < -0.39 is 34.0 Å². The van der Waals surface area contributed by atoms with Crippen molar-refractivity contribution >= 4 is 27.8 Å². The first-order valence-corrected chi connectivity index (χ1v) is 13.6. The molecule has 0 aliphatic carbocycles. The zero-order chi connectivity index (χ0) is 26.6. The van der Waals surface area contributed by atoms with E-state index >= 15 is 0 Å². The Bertz CT molecular complexity index is 1090. The topological polar surface area (TPSA) is 142 Å². The van der Waals surface area contributed by atoms with Crippen molar-refractivity contribution in [2.24, 2.45) is 5.92 Å². The molecule has 4 N–H and O–H groups in total. The fraction of sp³-hybridized carbons (Fsp3) is 0.423. The highest BCUT2D eigenvalue weighted by molar-refractivity contribution is 7.89. The Kier molecular flexibility index (Phi) is 11.6. The molecule has 0 saturated heterocycles. The number of sulfonamides is 1. The molecule has 0 bridgehead atoms. The maximum absolute atomic E-state index is 12.9. The molecule has 2 aromatic carbocycles. The smallest absolute Gasteiger partial charge is 0.326 e. The van der Waals surface area contributed by atoms with Gasteiger partial charge in [0.25, 0.3) is 5.91 Å². The predicted molar refractivity (Wildman–Crippen MR) is 138 cm³/mol. The standard InChI is InChI=1S/C26H35N3O6S/c1-19(2)17-22(25(31)28-23(26(32)33)18-20-11-5-3-6-12-20)29-36(34,35)16-10-9-15-27-24(30)21-13-7-4-8-14-21/h3-8,11-14,19,22-23,29H,9-10,15-18H2,1-2H3,(H,27,30)(H,28,31)(H,32,33)/t22-,23-/m0/s1. The number of nitrogens with one attached hydrogen (secondary N) is 3. The summed E-state index contributed by atoms with van der Waals surface area (Å²) in [4.78, 5) is 36.7. The lowest BCUT2D eigenvalue weighted by molar-refractivity contribution is -0.142. The molecule has 0 aliphatic rings. The third-order valence-electron chi connectivity index (χ3n) is 5.40. The molecule has 0 heterocycles. The first kappa shape index (κ1) is 29.0. The molecule has 0 aromatic heterocycles. The van der Waals surface area contributed by atoms with Crippen LogP contribution in [-0.2, 0) is 26.0 Å². The fourth-order valence-corrected chi connectivity index (χ4v) is 4.93. The molecule has 36 heavy (non-hydrogen) atoms. The van der Waals surface area contributed by atoms with Crippen molar-refractivity contribution in [3.8, 4) is 0 Å². The minimum absolute atomic E-state index is 0.00551. The summed E-state index contributed by atoms with van der Waals surface area (Å²) in [5.41, 5.74) is 1.27. The van der Waals surface area contributed by atoms with Crippen molar-refractivity contribution in [1.82, 2.24) is 15.4 Å². The van der Waals surface area contributed by atoms with Gasteiger partial charge in [-0.3, -0.25) is 9.59 Å². The van der Waals surface area contributed by atoms with Crippen LogP contribution in [0.25, 0.3) is 0 Å². The number of hydrogen-bond acceptors (Lipinski definition) is 5. The maximum Gasteiger partial charge on any atom is 0.326 e. The van der Waals surface area contributed by atoms with Crippen molar-refractivity contribution in [2.75, 3.05) is 12.3 Å². The molecular weight excluding hydrogens is 482 g/mol. The number of carboxylic acids is 1. The second-order valence-electron chi connectivity index (χ2n) is 9.04. The van der Waals surface area contributed by atoms with Gasteiger partial charge in [-0.05, 0) is 42.9 Å². The van der Waals surface area contributed by atoms with Crippen molar-refractivity contribution in [3.05, 3.63) is 71.8 Å². The summed E-state index contributed by atoms with van der Waals surface area (Å²) in [6, 6.07) is 15.3. The number of hydrogen-bond donors (Lipinski definition) is 4. The summed E-state index contributed by atoms with van der Waals surface area (Å²) < 4.78 is 27.8. The molecule has 196 valence electrons. The Morgan fingerprint density at radius 1 is 0.889 bits per heavy atom. The SMILES string of the molecule is CC(C)C[C@H](NS(=O)(=O)CCCCNC(=O)c1ccccc1)C(=O)N[C@@H](Cc1ccccc1)C(=O)O. The van der Waals surface area contributed by atoms with Crippen molar-refractivity contribution in [3.63, 3.8) is 0 Å². The lowest BCUT2D eigenvalue weighted by atomic mass is 10.0. The molecule has 2 rings (SSSR count). The number of carboxylic acid groups (broad SMARTS) is 1. The van der Waals surface area contributed by atoms with Gasteiger partial charge in [0.15, 0.2) is 0 Å². The van der Waals surface area contributed by atoms with E-state index in [1.807, 2.05) is 26.0 Å². The van der Waals surface area contributed by atoms with Crippen LogP contribution in [0.15, 0.2) is 60.7 Å². The average Bonchev–Trinajstić information content (AvgIpc) is 2.83. The van der Waals surface area contributed by atoms with E-state index in [2.05, 4.69) is 15.4 Å². The largest absolute Gasteiger partial charge is 0.480 e. The van der Waals surface area contributed by atoms with Gasteiger partial charge in [-0.2, -0.15) is 0 Å². The van der Waals surface area contributed by atoms with Crippen molar-refractivity contribution < 1.29 is 27.9 Å². The second-order valence-corrected chi connectivity index (χ2v) is 10.9. The predicted octanol–water partition coefficient (Wildman–Crippen LogP) is 2.34. The zero-order valence-electron chi connectivity index (χ0n) is 20.6. The number of unbranched alkanes of at least 4 members (excludes halogenated alkanes) is 1. The number of rotatable bonds is 15. The normalized spacial score (nSPS) is 13.1. The molecule has 10 heteroatoms. The van der Waals surface area contributed by atoms with Crippen LogP contribution in [0, 0.1) is 5.92 Å². The molecule has 9 nitrogen and oxygen atoms in total. The Morgan fingerprint density at radius 3 is 2.08 bits per heavy atom. The highest BCUT2D eigenvalue weighted by Gasteiger charge is 2.29. The van der Waals surface area contributed by atoms with Crippen LogP contribution in [0.3, 0.4) is 0 Å². The molecule has 0 aliphatic heterocycles. The van der Waals surface area contributed by atoms with Gasteiger partial charge in [0.05, 0.1) is 5.75 Å². The van der Waals surface area contributed by atoms with Gasteiger partial charge in [0, 0.05) is 18.5 Å². The van der Waals surface area contributed by atoms with Crippen LogP contribution >= 0.6 is 0 Å². The Labute approximate surface area is 212 Å². The fourth-order valence-electron chi connectivity index (χ4n) is 3.59. The highest BCUT2D eigenvalue weighted by atomic mass is 32.2. The number of aliphatic carboxylic acids is 1. The van der Waals surface area contributed by atoms with E-state index in [-0.39, 0.29) is 36.8 Å². The molecule has 2 amide bonds. The number of carbonyl (C=O) groups is 3. The lowest BCUT2D eigenvalue weighted by Crippen LogP contribution is -2.52. The minimum Gasteiger partial charge on any atom is -0.480 e. The Balaban J connectivity index is 1.89. The van der Waals surface area contributed by atoms with Gasteiger partial charge >= 0.3 is 5.97 Å². The quantitative estimate of drug-likeness (QED) is 0.267. The van der Waals surface area contributed by atoms with E-state index in [9.17, 15) is 27.9 Å².